The summed E-state index contributed by atoms with van der Waals surface area (Å²) in [5.74, 6) is -0.963. The number of nitrogens with zero attached hydrogens (tertiary/aromatic N) is 1. The Morgan fingerprint density at radius 2 is 1.41 bits per heavy atom. The average molecular weight is 447 g/mol. The summed E-state index contributed by atoms with van der Waals surface area (Å²) in [4.78, 5) is 33.0. The van der Waals surface area contributed by atoms with E-state index in [9.17, 15) is 9.59 Å². The summed E-state index contributed by atoms with van der Waals surface area (Å²) >= 11 is 1.17. The smallest absolute Gasteiger partial charge is 0.320 e. The number of fused-ring (bicyclic) bond motifs is 1. The van der Waals surface area contributed by atoms with Crippen LogP contribution in [-0.2, 0) is 32.3 Å². The molecule has 1 N–H and O–H groups in total. The number of hydrogen-bond acceptors (Lipinski definition) is 6. The average Bonchev–Trinajstić information content (AvgIpc) is 3.24. The van der Waals surface area contributed by atoms with Gasteiger partial charge in [0.1, 0.15) is 18.5 Å². The van der Waals surface area contributed by atoms with Crippen molar-refractivity contribution in [2.75, 3.05) is 0 Å². The fourth-order valence-corrected chi connectivity index (χ4v) is 4.04. The molecule has 32 heavy (non-hydrogen) atoms. The zero-order valence-electron chi connectivity index (χ0n) is 17.3. The highest BCUT2D eigenvalue weighted by atomic mass is 32.2. The van der Waals surface area contributed by atoms with Gasteiger partial charge in [-0.3, -0.25) is 9.59 Å². The first kappa shape index (κ1) is 21.6. The molecule has 0 saturated carbocycles. The van der Waals surface area contributed by atoms with Crippen molar-refractivity contribution in [2.24, 2.45) is 0 Å². The van der Waals surface area contributed by atoms with Crippen molar-refractivity contribution in [3.63, 3.8) is 0 Å². The molecular weight excluding hydrogens is 424 g/mol. The molecule has 0 aliphatic rings. The maximum absolute atomic E-state index is 12.9. The lowest BCUT2D eigenvalue weighted by atomic mass is 10.2. The monoisotopic (exact) mass is 446 g/mol. The van der Waals surface area contributed by atoms with Crippen molar-refractivity contribution in [3.05, 3.63) is 96.1 Å². The molecular formula is C25H22N2O4S. The van der Waals surface area contributed by atoms with E-state index in [4.69, 9.17) is 9.47 Å². The molecule has 7 heteroatoms. The summed E-state index contributed by atoms with van der Waals surface area (Å²) in [5, 5.41) is -0.244. The SMILES string of the molecule is O=C(CC(Sc1nc2ccccc2[nH]1)C(=O)OCc1ccccc1)OCc1ccccc1. The van der Waals surface area contributed by atoms with E-state index in [2.05, 4.69) is 9.97 Å². The maximum atomic E-state index is 12.9. The van der Waals surface area contributed by atoms with Crippen molar-refractivity contribution < 1.29 is 19.1 Å². The zero-order valence-corrected chi connectivity index (χ0v) is 18.1. The van der Waals surface area contributed by atoms with Crippen LogP contribution in [0.3, 0.4) is 0 Å². The minimum atomic E-state index is -0.789. The Morgan fingerprint density at radius 1 is 0.812 bits per heavy atom. The molecule has 162 valence electrons. The van der Waals surface area contributed by atoms with E-state index in [0.717, 1.165) is 22.2 Å². The van der Waals surface area contributed by atoms with Gasteiger partial charge in [-0.1, -0.05) is 84.6 Å². The summed E-state index contributed by atoms with van der Waals surface area (Å²) in [6.07, 6.45) is -0.123. The molecule has 4 aromatic rings. The Balaban J connectivity index is 1.43. The number of para-hydroxylation sites is 2. The Labute approximate surface area is 190 Å². The lowest BCUT2D eigenvalue weighted by Gasteiger charge is -2.14. The zero-order chi connectivity index (χ0) is 22.2. The predicted octanol–water partition coefficient (Wildman–Crippen LogP) is 4.90. The van der Waals surface area contributed by atoms with Gasteiger partial charge < -0.3 is 14.5 Å². The third-order valence-corrected chi connectivity index (χ3v) is 5.76. The molecule has 3 aromatic carbocycles. The number of thioether (sulfide) groups is 1. The van der Waals surface area contributed by atoms with E-state index in [1.54, 1.807) is 0 Å². The minimum Gasteiger partial charge on any atom is -0.461 e. The van der Waals surface area contributed by atoms with Crippen LogP contribution >= 0.6 is 11.8 Å². The molecule has 0 saturated heterocycles. The van der Waals surface area contributed by atoms with Crippen LogP contribution in [0.2, 0.25) is 0 Å². The molecule has 0 amide bonds. The van der Waals surface area contributed by atoms with E-state index in [-0.39, 0.29) is 19.6 Å². The second-order valence-corrected chi connectivity index (χ2v) is 8.30. The maximum Gasteiger partial charge on any atom is 0.320 e. The number of hydrogen-bond donors (Lipinski definition) is 1. The second kappa shape index (κ2) is 10.6. The van der Waals surface area contributed by atoms with Gasteiger partial charge in [-0.15, -0.1) is 0 Å². The van der Waals surface area contributed by atoms with Crippen molar-refractivity contribution >= 4 is 34.7 Å². The first-order valence-electron chi connectivity index (χ1n) is 10.2. The number of aromatic nitrogens is 2. The van der Waals surface area contributed by atoms with Crippen LogP contribution in [0.1, 0.15) is 17.5 Å². The molecule has 1 unspecified atom stereocenters. The fraction of sp³-hybridized carbons (Fsp3) is 0.160. The van der Waals surface area contributed by atoms with E-state index in [1.165, 1.54) is 11.8 Å². The number of benzene rings is 3. The molecule has 6 nitrogen and oxygen atoms in total. The number of aromatic amines is 1. The molecule has 4 rings (SSSR count). The standard InChI is InChI=1S/C25H22N2O4S/c28-23(30-16-18-9-3-1-4-10-18)15-22(24(29)31-17-19-11-5-2-6-12-19)32-25-26-20-13-7-8-14-21(20)27-25/h1-14,22H,15-17H2,(H,26,27). The van der Waals surface area contributed by atoms with Gasteiger partial charge >= 0.3 is 11.9 Å². The van der Waals surface area contributed by atoms with Gasteiger partial charge in [0.05, 0.1) is 17.5 Å². The first-order chi connectivity index (χ1) is 15.7. The molecule has 0 bridgehead atoms. The Bertz CT molecular complexity index is 1150. The molecule has 0 radical (unpaired) electrons. The molecule has 0 aliphatic carbocycles. The lowest BCUT2D eigenvalue weighted by Crippen LogP contribution is -2.24. The number of esters is 2. The second-order valence-electron chi connectivity index (χ2n) is 7.11. The van der Waals surface area contributed by atoms with Crippen molar-refractivity contribution in [2.45, 2.75) is 30.0 Å². The normalized spacial score (nSPS) is 11.8. The Kier molecular flexibility index (Phi) is 7.19. The van der Waals surface area contributed by atoms with E-state index in [0.29, 0.717) is 5.16 Å². The third-order valence-electron chi connectivity index (χ3n) is 4.70. The Morgan fingerprint density at radius 3 is 2.06 bits per heavy atom. The van der Waals surface area contributed by atoms with Crippen LogP contribution in [-0.4, -0.2) is 27.2 Å². The van der Waals surface area contributed by atoms with Crippen LogP contribution in [0.4, 0.5) is 0 Å². The van der Waals surface area contributed by atoms with Crippen molar-refractivity contribution in [3.8, 4) is 0 Å². The molecule has 0 fully saturated rings. The number of nitrogens with one attached hydrogen (secondary N) is 1. The van der Waals surface area contributed by atoms with Gasteiger partial charge in [-0.05, 0) is 23.3 Å². The number of carbonyl (C=O) groups excluding carboxylic acids is 2. The van der Waals surface area contributed by atoms with Crippen molar-refractivity contribution in [1.82, 2.24) is 9.97 Å². The van der Waals surface area contributed by atoms with Crippen LogP contribution in [0, 0.1) is 0 Å². The van der Waals surface area contributed by atoms with Gasteiger partial charge in [0.15, 0.2) is 5.16 Å². The summed E-state index contributed by atoms with van der Waals surface area (Å²) in [5.41, 5.74) is 3.41. The van der Waals surface area contributed by atoms with Gasteiger partial charge in [0.25, 0.3) is 0 Å². The molecule has 0 spiro atoms. The number of carbonyl (C=O) groups is 2. The molecule has 0 aliphatic heterocycles. The molecule has 1 aromatic heterocycles. The fourth-order valence-electron chi connectivity index (χ4n) is 3.06. The quantitative estimate of drug-likeness (QED) is 0.291. The number of imidazole rings is 1. The third kappa shape index (κ3) is 5.98. The number of rotatable bonds is 9. The molecule has 1 heterocycles. The van der Waals surface area contributed by atoms with Crippen LogP contribution in [0.25, 0.3) is 11.0 Å². The van der Waals surface area contributed by atoms with E-state index in [1.807, 2.05) is 84.9 Å². The van der Waals surface area contributed by atoms with Gasteiger partial charge in [0, 0.05) is 0 Å². The predicted molar refractivity (Wildman–Crippen MR) is 123 cm³/mol. The summed E-state index contributed by atoms with van der Waals surface area (Å²) < 4.78 is 10.9. The van der Waals surface area contributed by atoms with Crippen LogP contribution in [0.5, 0.6) is 0 Å². The van der Waals surface area contributed by atoms with Gasteiger partial charge in [-0.2, -0.15) is 0 Å². The summed E-state index contributed by atoms with van der Waals surface area (Å²) in [7, 11) is 0. The first-order valence-corrected chi connectivity index (χ1v) is 11.1. The van der Waals surface area contributed by atoms with Crippen LogP contribution in [0.15, 0.2) is 90.1 Å². The van der Waals surface area contributed by atoms with Crippen LogP contribution < -0.4 is 0 Å². The van der Waals surface area contributed by atoms with Gasteiger partial charge in [-0.25, -0.2) is 4.98 Å². The number of H-pyrrole nitrogens is 1. The lowest BCUT2D eigenvalue weighted by molar-refractivity contribution is -0.151. The van der Waals surface area contributed by atoms with Gasteiger partial charge in [0.2, 0.25) is 0 Å². The van der Waals surface area contributed by atoms with E-state index < -0.39 is 17.2 Å². The highest BCUT2D eigenvalue weighted by molar-refractivity contribution is 8.00. The number of ether oxygens (including phenoxy) is 2. The Hall–Kier alpha value is -3.58. The summed E-state index contributed by atoms with van der Waals surface area (Å²) in [6, 6.07) is 26.4. The molecule has 1 atom stereocenters. The largest absolute Gasteiger partial charge is 0.461 e. The summed E-state index contributed by atoms with van der Waals surface area (Å²) in [6.45, 7) is 0.288. The highest BCUT2D eigenvalue weighted by Crippen LogP contribution is 2.27. The topological polar surface area (TPSA) is 81.3 Å². The highest BCUT2D eigenvalue weighted by Gasteiger charge is 2.27. The van der Waals surface area contributed by atoms with E-state index >= 15 is 0 Å². The van der Waals surface area contributed by atoms with Crippen molar-refractivity contribution in [1.29, 1.82) is 0 Å². The minimum absolute atomic E-state index is 0.123.